The van der Waals surface area contributed by atoms with Gasteiger partial charge in [-0.15, -0.1) is 11.3 Å². The van der Waals surface area contributed by atoms with Gasteiger partial charge in [-0.2, -0.15) is 0 Å². The Morgan fingerprint density at radius 3 is 2.68 bits per heavy atom. The Hall–Kier alpha value is -1.43. The zero-order chi connectivity index (χ0) is 14.2. The van der Waals surface area contributed by atoms with Crippen LogP contribution in [-0.4, -0.2) is 33.3 Å². The van der Waals surface area contributed by atoms with Crippen LogP contribution in [0.3, 0.4) is 0 Å². The van der Waals surface area contributed by atoms with Crippen LogP contribution < -0.4 is 5.32 Å². The van der Waals surface area contributed by atoms with Crippen LogP contribution in [0, 0.1) is 6.92 Å². The van der Waals surface area contributed by atoms with Crippen LogP contribution in [0.5, 0.6) is 0 Å². The normalized spacial score (nSPS) is 22.5. The molecule has 1 N–H and O–H groups in total. The van der Waals surface area contributed by atoms with E-state index in [4.69, 9.17) is 0 Å². The van der Waals surface area contributed by atoms with Crippen molar-refractivity contribution in [3.63, 3.8) is 0 Å². The minimum absolute atomic E-state index is 0.0354. The lowest BCUT2D eigenvalue weighted by atomic mass is 9.95. The number of nitrogens with one attached hydrogen (secondary N) is 1. The van der Waals surface area contributed by atoms with Gasteiger partial charge < -0.3 is 10.2 Å². The molecule has 1 aromatic rings. The van der Waals surface area contributed by atoms with Crippen molar-refractivity contribution in [2.24, 2.45) is 0 Å². The summed E-state index contributed by atoms with van der Waals surface area (Å²) in [4.78, 5) is 31.5. The number of amides is 2. The first-order valence-corrected chi connectivity index (χ1v) is 7.27. The third kappa shape index (κ3) is 2.49. The van der Waals surface area contributed by atoms with Crippen molar-refractivity contribution in [3.05, 3.63) is 16.1 Å². The van der Waals surface area contributed by atoms with E-state index in [0.717, 1.165) is 10.6 Å². The van der Waals surface area contributed by atoms with Gasteiger partial charge in [0.25, 0.3) is 0 Å². The van der Waals surface area contributed by atoms with Gasteiger partial charge in [0.05, 0.1) is 17.7 Å². The summed E-state index contributed by atoms with van der Waals surface area (Å²) in [7, 11) is 0. The van der Waals surface area contributed by atoms with E-state index in [1.807, 2.05) is 13.8 Å². The SMILES string of the molecule is CCC1C(=O)NC(C)(C)C(=O)N1Cc1scnc1C. The van der Waals surface area contributed by atoms with Crippen LogP contribution in [0.25, 0.3) is 0 Å². The first-order chi connectivity index (χ1) is 8.86. The minimum atomic E-state index is -0.832. The molecule has 0 aromatic carbocycles. The number of carbonyl (C=O) groups excluding carboxylic acids is 2. The maximum Gasteiger partial charge on any atom is 0.248 e. The molecule has 0 aliphatic carbocycles. The molecule has 0 spiro atoms. The van der Waals surface area contributed by atoms with Crippen molar-refractivity contribution in [2.45, 2.75) is 52.2 Å². The molecule has 1 saturated heterocycles. The molecule has 19 heavy (non-hydrogen) atoms. The molecule has 2 rings (SSSR count). The Kier molecular flexibility index (Phi) is 3.62. The molecule has 5 nitrogen and oxygen atoms in total. The number of aromatic nitrogens is 1. The maximum absolute atomic E-state index is 12.5. The van der Waals surface area contributed by atoms with Gasteiger partial charge in [-0.3, -0.25) is 9.59 Å². The molecule has 1 aliphatic heterocycles. The highest BCUT2D eigenvalue weighted by molar-refractivity contribution is 7.09. The van der Waals surface area contributed by atoms with Crippen LogP contribution >= 0.6 is 11.3 Å². The fourth-order valence-electron chi connectivity index (χ4n) is 2.31. The molecule has 0 saturated carbocycles. The molecule has 1 atom stereocenters. The van der Waals surface area contributed by atoms with Crippen LogP contribution in [0.15, 0.2) is 5.51 Å². The predicted molar refractivity (Wildman–Crippen MR) is 73.7 cm³/mol. The molecule has 1 fully saturated rings. The van der Waals surface area contributed by atoms with Crippen LogP contribution in [0.4, 0.5) is 0 Å². The van der Waals surface area contributed by atoms with Crippen LogP contribution in [-0.2, 0) is 16.1 Å². The number of aryl methyl sites for hydroxylation is 1. The van der Waals surface area contributed by atoms with Gasteiger partial charge in [-0.1, -0.05) is 6.92 Å². The van der Waals surface area contributed by atoms with Crippen molar-refractivity contribution < 1.29 is 9.59 Å². The van der Waals surface area contributed by atoms with E-state index in [1.54, 1.807) is 24.3 Å². The molecule has 2 amide bonds. The highest BCUT2D eigenvalue weighted by atomic mass is 32.1. The smallest absolute Gasteiger partial charge is 0.248 e. The second-order valence-corrected chi connectivity index (χ2v) is 6.27. The Morgan fingerprint density at radius 2 is 2.16 bits per heavy atom. The Bertz CT molecular complexity index is 510. The van der Waals surface area contributed by atoms with Crippen molar-refractivity contribution in [3.8, 4) is 0 Å². The predicted octanol–water partition coefficient (Wildman–Crippen LogP) is 1.47. The highest BCUT2D eigenvalue weighted by Gasteiger charge is 2.44. The largest absolute Gasteiger partial charge is 0.340 e. The molecular formula is C13H19N3O2S. The van der Waals surface area contributed by atoms with Crippen LogP contribution in [0.2, 0.25) is 0 Å². The second-order valence-electron chi connectivity index (χ2n) is 5.33. The lowest BCUT2D eigenvalue weighted by Crippen LogP contribution is -2.67. The van der Waals surface area contributed by atoms with E-state index in [9.17, 15) is 9.59 Å². The van der Waals surface area contributed by atoms with Gasteiger partial charge in [-0.05, 0) is 27.2 Å². The molecular weight excluding hydrogens is 262 g/mol. The van der Waals surface area contributed by atoms with Gasteiger partial charge in [0, 0.05) is 4.88 Å². The Morgan fingerprint density at radius 1 is 1.47 bits per heavy atom. The van der Waals surface area contributed by atoms with Gasteiger partial charge in [0.2, 0.25) is 11.8 Å². The summed E-state index contributed by atoms with van der Waals surface area (Å²) < 4.78 is 0. The van der Waals surface area contributed by atoms with Gasteiger partial charge in [-0.25, -0.2) is 4.98 Å². The third-order valence-corrected chi connectivity index (χ3v) is 4.38. The number of thiazole rings is 1. The fourth-order valence-corrected chi connectivity index (χ4v) is 3.08. The summed E-state index contributed by atoms with van der Waals surface area (Å²) in [6.07, 6.45) is 0.617. The van der Waals surface area contributed by atoms with Crippen LogP contribution in [0.1, 0.15) is 37.8 Å². The second kappa shape index (κ2) is 4.92. The summed E-state index contributed by atoms with van der Waals surface area (Å²) in [5.74, 6) is -0.110. The van der Waals surface area contributed by atoms with Gasteiger partial charge >= 0.3 is 0 Å². The van der Waals surface area contributed by atoms with E-state index < -0.39 is 5.54 Å². The highest BCUT2D eigenvalue weighted by Crippen LogP contribution is 2.24. The number of carbonyl (C=O) groups is 2. The molecule has 6 heteroatoms. The molecule has 0 radical (unpaired) electrons. The monoisotopic (exact) mass is 281 g/mol. The lowest BCUT2D eigenvalue weighted by molar-refractivity contribution is -0.154. The fraction of sp³-hybridized carbons (Fsp3) is 0.615. The van der Waals surface area contributed by atoms with Crippen molar-refractivity contribution >= 4 is 23.2 Å². The molecule has 1 unspecified atom stereocenters. The van der Waals surface area contributed by atoms with Gasteiger partial charge in [0.15, 0.2) is 0 Å². The van der Waals surface area contributed by atoms with E-state index in [2.05, 4.69) is 10.3 Å². The number of nitrogens with zero attached hydrogens (tertiary/aromatic N) is 2. The Balaban J connectivity index is 2.30. The number of piperazine rings is 1. The summed E-state index contributed by atoms with van der Waals surface area (Å²) >= 11 is 1.52. The minimum Gasteiger partial charge on any atom is -0.340 e. The number of hydrogen-bond acceptors (Lipinski definition) is 4. The number of hydrogen-bond donors (Lipinski definition) is 1. The van der Waals surface area contributed by atoms with E-state index >= 15 is 0 Å². The zero-order valence-electron chi connectivity index (χ0n) is 11.7. The molecule has 2 heterocycles. The number of rotatable bonds is 3. The lowest BCUT2D eigenvalue weighted by Gasteiger charge is -2.42. The van der Waals surface area contributed by atoms with E-state index in [0.29, 0.717) is 13.0 Å². The van der Waals surface area contributed by atoms with Crippen molar-refractivity contribution in [2.75, 3.05) is 0 Å². The molecule has 1 aromatic heterocycles. The molecule has 0 bridgehead atoms. The average molecular weight is 281 g/mol. The van der Waals surface area contributed by atoms with Gasteiger partial charge in [0.1, 0.15) is 11.6 Å². The third-order valence-electron chi connectivity index (χ3n) is 3.46. The zero-order valence-corrected chi connectivity index (χ0v) is 12.5. The summed E-state index contributed by atoms with van der Waals surface area (Å²) in [6, 6.07) is -0.387. The first-order valence-electron chi connectivity index (χ1n) is 6.39. The Labute approximate surface area is 117 Å². The maximum atomic E-state index is 12.5. The first kappa shape index (κ1) is 14.0. The molecule has 104 valence electrons. The van der Waals surface area contributed by atoms with E-state index in [-0.39, 0.29) is 17.9 Å². The summed E-state index contributed by atoms with van der Waals surface area (Å²) in [6.45, 7) is 7.79. The topological polar surface area (TPSA) is 62.3 Å². The quantitative estimate of drug-likeness (QED) is 0.912. The molecule has 1 aliphatic rings. The summed E-state index contributed by atoms with van der Waals surface area (Å²) in [5, 5.41) is 2.79. The van der Waals surface area contributed by atoms with E-state index in [1.165, 1.54) is 11.3 Å². The standard InChI is InChI=1S/C13H19N3O2S/c1-5-9-11(17)15-13(3,4)12(18)16(9)6-10-8(2)14-7-19-10/h7,9H,5-6H2,1-4H3,(H,15,17). The van der Waals surface area contributed by atoms with Crippen molar-refractivity contribution in [1.82, 2.24) is 15.2 Å². The summed E-state index contributed by atoms with van der Waals surface area (Å²) in [5.41, 5.74) is 1.86. The van der Waals surface area contributed by atoms with Crippen molar-refractivity contribution in [1.29, 1.82) is 0 Å². The average Bonchev–Trinajstić information content (AvgIpc) is 2.71.